The second-order valence-electron chi connectivity index (χ2n) is 5.34. The third kappa shape index (κ3) is 6.04. The van der Waals surface area contributed by atoms with E-state index in [1.807, 2.05) is 37.5 Å². The number of para-hydroxylation sites is 1. The molecule has 0 bridgehead atoms. The molecular formula is C17H25ClN4O3. The summed E-state index contributed by atoms with van der Waals surface area (Å²) in [7, 11) is 5.20. The maximum atomic E-state index is 12.5. The summed E-state index contributed by atoms with van der Waals surface area (Å²) in [5.41, 5.74) is 1.74. The van der Waals surface area contributed by atoms with Gasteiger partial charge in [-0.2, -0.15) is 5.10 Å². The van der Waals surface area contributed by atoms with Gasteiger partial charge in [0.1, 0.15) is 18.4 Å². The molecule has 1 atom stereocenters. The lowest BCUT2D eigenvalue weighted by Crippen LogP contribution is -2.35. The summed E-state index contributed by atoms with van der Waals surface area (Å²) >= 11 is 0. The van der Waals surface area contributed by atoms with Crippen LogP contribution in [0.3, 0.4) is 0 Å². The zero-order valence-corrected chi connectivity index (χ0v) is 15.5. The van der Waals surface area contributed by atoms with Crippen LogP contribution in [-0.2, 0) is 23.1 Å². The molecule has 1 amide bonds. The molecule has 25 heavy (non-hydrogen) atoms. The number of aryl methyl sites for hydroxylation is 1. The van der Waals surface area contributed by atoms with Gasteiger partial charge in [0.25, 0.3) is 0 Å². The Morgan fingerprint density at radius 2 is 2.08 bits per heavy atom. The Hall–Kier alpha value is -2.09. The van der Waals surface area contributed by atoms with E-state index >= 15 is 0 Å². The predicted molar refractivity (Wildman–Crippen MR) is 97.9 cm³/mol. The van der Waals surface area contributed by atoms with Crippen molar-refractivity contribution in [2.45, 2.75) is 12.6 Å². The number of nitrogens with zero attached hydrogens (tertiary/aromatic N) is 2. The summed E-state index contributed by atoms with van der Waals surface area (Å²) in [4.78, 5) is 12.5. The standard InChI is InChI=1S/C17H24N4O3.ClH/c1-18-16(14-11-20-21(2)12-14)17(22)19-10-13-6-4-5-7-15(13)24-9-8-23-3;/h4-7,11-12,16,18H,8-10H2,1-3H3,(H,19,22);1H. The van der Waals surface area contributed by atoms with E-state index in [0.29, 0.717) is 19.8 Å². The zero-order chi connectivity index (χ0) is 17.4. The van der Waals surface area contributed by atoms with Gasteiger partial charge in [0.05, 0.1) is 12.8 Å². The smallest absolute Gasteiger partial charge is 0.242 e. The van der Waals surface area contributed by atoms with Crippen molar-refractivity contribution in [3.05, 3.63) is 47.8 Å². The Labute approximate surface area is 154 Å². The summed E-state index contributed by atoms with van der Waals surface area (Å²) < 4.78 is 12.3. The molecule has 7 nitrogen and oxygen atoms in total. The fraction of sp³-hybridized carbons (Fsp3) is 0.412. The van der Waals surface area contributed by atoms with Crippen molar-refractivity contribution in [2.75, 3.05) is 27.4 Å². The number of likely N-dealkylation sites (N-methyl/N-ethyl adjacent to an activating group) is 1. The molecule has 2 N–H and O–H groups in total. The lowest BCUT2D eigenvalue weighted by molar-refractivity contribution is -0.123. The molecule has 138 valence electrons. The van der Waals surface area contributed by atoms with Crippen LogP contribution in [0.1, 0.15) is 17.2 Å². The van der Waals surface area contributed by atoms with Crippen molar-refractivity contribution >= 4 is 18.3 Å². The molecule has 0 radical (unpaired) electrons. The lowest BCUT2D eigenvalue weighted by atomic mass is 10.1. The molecule has 1 aromatic heterocycles. The van der Waals surface area contributed by atoms with Gasteiger partial charge in [-0.05, 0) is 13.1 Å². The molecule has 1 unspecified atom stereocenters. The van der Waals surface area contributed by atoms with Gasteiger partial charge in [0.15, 0.2) is 0 Å². The number of benzene rings is 1. The van der Waals surface area contributed by atoms with Crippen LogP contribution < -0.4 is 15.4 Å². The Morgan fingerprint density at radius 1 is 1.32 bits per heavy atom. The average molecular weight is 369 g/mol. The Balaban J connectivity index is 0.00000312. The van der Waals surface area contributed by atoms with Crippen molar-refractivity contribution in [2.24, 2.45) is 7.05 Å². The van der Waals surface area contributed by atoms with Crippen LogP contribution in [0.15, 0.2) is 36.7 Å². The Morgan fingerprint density at radius 3 is 2.72 bits per heavy atom. The topological polar surface area (TPSA) is 77.4 Å². The van der Waals surface area contributed by atoms with Crippen molar-refractivity contribution in [3.63, 3.8) is 0 Å². The molecule has 0 aliphatic carbocycles. The quantitative estimate of drug-likeness (QED) is 0.655. The molecule has 8 heteroatoms. The van der Waals surface area contributed by atoms with E-state index in [4.69, 9.17) is 9.47 Å². The third-order valence-electron chi connectivity index (χ3n) is 3.58. The number of carbonyl (C=O) groups is 1. The van der Waals surface area contributed by atoms with E-state index in [1.54, 1.807) is 25.0 Å². The van der Waals surface area contributed by atoms with E-state index in [1.165, 1.54) is 0 Å². The molecule has 0 saturated carbocycles. The molecule has 0 aliphatic heterocycles. The molecule has 0 spiro atoms. The number of methoxy groups -OCH3 is 1. The molecule has 1 heterocycles. The molecule has 2 rings (SSSR count). The van der Waals surface area contributed by atoms with Crippen LogP contribution in [0.4, 0.5) is 0 Å². The summed E-state index contributed by atoms with van der Waals surface area (Å²) in [6.07, 6.45) is 3.51. The summed E-state index contributed by atoms with van der Waals surface area (Å²) in [6, 6.07) is 7.19. The Kier molecular flexibility index (Phi) is 8.98. The van der Waals surface area contributed by atoms with Crippen molar-refractivity contribution in [1.82, 2.24) is 20.4 Å². The van der Waals surface area contributed by atoms with E-state index in [0.717, 1.165) is 16.9 Å². The number of aromatic nitrogens is 2. The Bertz CT molecular complexity index is 663. The third-order valence-corrected chi connectivity index (χ3v) is 3.58. The van der Waals surface area contributed by atoms with Gasteiger partial charge in [-0.3, -0.25) is 9.48 Å². The number of rotatable bonds is 9. The lowest BCUT2D eigenvalue weighted by Gasteiger charge is -2.16. The minimum absolute atomic E-state index is 0. The summed E-state index contributed by atoms with van der Waals surface area (Å²) in [6.45, 7) is 1.38. The number of hydrogen-bond donors (Lipinski definition) is 2. The highest BCUT2D eigenvalue weighted by molar-refractivity contribution is 5.85. The first kappa shape index (κ1) is 21.0. The van der Waals surface area contributed by atoms with Crippen LogP contribution >= 0.6 is 12.4 Å². The highest BCUT2D eigenvalue weighted by Crippen LogP contribution is 2.18. The van der Waals surface area contributed by atoms with Crippen molar-refractivity contribution < 1.29 is 14.3 Å². The molecule has 2 aromatic rings. The highest BCUT2D eigenvalue weighted by Gasteiger charge is 2.20. The van der Waals surface area contributed by atoms with Gasteiger partial charge in [-0.15, -0.1) is 12.4 Å². The minimum Gasteiger partial charge on any atom is -0.491 e. The molecular weight excluding hydrogens is 344 g/mol. The van der Waals surface area contributed by atoms with E-state index in [2.05, 4.69) is 15.7 Å². The summed E-state index contributed by atoms with van der Waals surface area (Å²) in [5, 5.41) is 10.1. The van der Waals surface area contributed by atoms with Crippen LogP contribution in [0.25, 0.3) is 0 Å². The normalized spacial score (nSPS) is 11.5. The molecule has 0 fully saturated rings. The van der Waals surface area contributed by atoms with Crippen molar-refractivity contribution in [3.8, 4) is 5.75 Å². The first-order valence-electron chi connectivity index (χ1n) is 7.79. The van der Waals surface area contributed by atoms with Gasteiger partial charge in [-0.25, -0.2) is 0 Å². The van der Waals surface area contributed by atoms with Crippen molar-refractivity contribution in [1.29, 1.82) is 0 Å². The van der Waals surface area contributed by atoms with Crippen LogP contribution in [-0.4, -0.2) is 43.1 Å². The number of nitrogens with one attached hydrogen (secondary N) is 2. The van der Waals surface area contributed by atoms with Crippen LogP contribution in [0.5, 0.6) is 5.75 Å². The number of ether oxygens (including phenoxy) is 2. The zero-order valence-electron chi connectivity index (χ0n) is 14.7. The van der Waals surface area contributed by atoms with Gasteiger partial charge < -0.3 is 20.1 Å². The van der Waals surface area contributed by atoms with Gasteiger partial charge in [0.2, 0.25) is 5.91 Å². The highest BCUT2D eigenvalue weighted by atomic mass is 35.5. The predicted octanol–water partition coefficient (Wildman–Crippen LogP) is 1.44. The number of carbonyl (C=O) groups excluding carboxylic acids is 1. The summed E-state index contributed by atoms with van der Waals surface area (Å²) in [5.74, 6) is 0.634. The molecule has 1 aromatic carbocycles. The first-order chi connectivity index (χ1) is 11.7. The number of hydrogen-bond acceptors (Lipinski definition) is 5. The maximum absolute atomic E-state index is 12.5. The second-order valence-corrected chi connectivity index (χ2v) is 5.34. The van der Waals surface area contributed by atoms with Crippen LogP contribution in [0, 0.1) is 0 Å². The fourth-order valence-electron chi connectivity index (χ4n) is 2.35. The van der Waals surface area contributed by atoms with Crippen LogP contribution in [0.2, 0.25) is 0 Å². The molecule has 0 saturated heterocycles. The fourth-order valence-corrected chi connectivity index (χ4v) is 2.35. The monoisotopic (exact) mass is 368 g/mol. The first-order valence-corrected chi connectivity index (χ1v) is 7.79. The average Bonchev–Trinajstić information content (AvgIpc) is 3.01. The maximum Gasteiger partial charge on any atom is 0.242 e. The van der Waals surface area contributed by atoms with Gasteiger partial charge in [-0.1, -0.05) is 18.2 Å². The SMILES string of the molecule is CNC(C(=O)NCc1ccccc1OCCOC)c1cnn(C)c1.Cl. The van der Waals surface area contributed by atoms with E-state index in [-0.39, 0.29) is 18.3 Å². The van der Waals surface area contributed by atoms with Gasteiger partial charge >= 0.3 is 0 Å². The number of halogens is 1. The van der Waals surface area contributed by atoms with E-state index in [9.17, 15) is 4.79 Å². The largest absolute Gasteiger partial charge is 0.491 e. The molecule has 0 aliphatic rings. The van der Waals surface area contributed by atoms with E-state index < -0.39 is 6.04 Å². The minimum atomic E-state index is -0.444. The second kappa shape index (κ2) is 10.7. The van der Waals surface area contributed by atoms with Gasteiger partial charge in [0, 0.05) is 38.0 Å². The number of amides is 1.